The van der Waals surface area contributed by atoms with Crippen molar-refractivity contribution < 1.29 is 19.4 Å². The minimum Gasteiger partial charge on any atom is -0.497 e. The Morgan fingerprint density at radius 3 is 2.64 bits per heavy atom. The van der Waals surface area contributed by atoms with Gasteiger partial charge in [-0.25, -0.2) is 0 Å². The number of aromatic amines is 1. The second-order valence-corrected chi connectivity index (χ2v) is 10.9. The van der Waals surface area contributed by atoms with Crippen molar-refractivity contribution in [2.24, 2.45) is 0 Å². The molecule has 2 amide bonds. The molecule has 2 heterocycles. The Kier molecular flexibility index (Phi) is 9.56. The molecular weight excluding hydrogens is 528 g/mol. The second kappa shape index (κ2) is 13.7. The fourth-order valence-corrected chi connectivity index (χ4v) is 5.66. The van der Waals surface area contributed by atoms with Crippen LogP contribution in [0.25, 0.3) is 10.9 Å². The number of nitrogens with one attached hydrogen (secondary N) is 3. The predicted octanol–water partition coefficient (Wildman–Crippen LogP) is 4.75. The van der Waals surface area contributed by atoms with Crippen LogP contribution in [0.5, 0.6) is 5.75 Å². The van der Waals surface area contributed by atoms with Gasteiger partial charge in [0.15, 0.2) is 0 Å². The number of ether oxygens (including phenoxy) is 1. The lowest BCUT2D eigenvalue weighted by Gasteiger charge is -2.28. The monoisotopic (exact) mass is 568 g/mol. The van der Waals surface area contributed by atoms with Crippen LogP contribution in [0, 0.1) is 0 Å². The maximum absolute atomic E-state index is 13.8. The number of aryl methyl sites for hydroxylation is 1. The Balaban J connectivity index is 1.38. The van der Waals surface area contributed by atoms with E-state index in [1.54, 1.807) is 12.0 Å². The predicted molar refractivity (Wildman–Crippen MR) is 166 cm³/mol. The summed E-state index contributed by atoms with van der Waals surface area (Å²) >= 11 is 0. The average molecular weight is 569 g/mol. The molecule has 1 saturated heterocycles. The van der Waals surface area contributed by atoms with E-state index in [9.17, 15) is 14.7 Å². The maximum atomic E-state index is 13.8. The number of aromatic nitrogens is 1. The molecule has 220 valence electrons. The van der Waals surface area contributed by atoms with Crippen LogP contribution in [0.1, 0.15) is 53.2 Å². The molecule has 1 aromatic heterocycles. The van der Waals surface area contributed by atoms with E-state index in [-0.39, 0.29) is 11.8 Å². The van der Waals surface area contributed by atoms with Crippen LogP contribution >= 0.6 is 0 Å². The van der Waals surface area contributed by atoms with Crippen molar-refractivity contribution in [2.45, 2.75) is 57.7 Å². The number of carbonyl (C=O) groups excluding carboxylic acids is 2. The molecule has 2 atom stereocenters. The quantitative estimate of drug-likeness (QED) is 0.197. The first-order valence-corrected chi connectivity index (χ1v) is 14.8. The van der Waals surface area contributed by atoms with Gasteiger partial charge in [-0.3, -0.25) is 9.59 Å². The van der Waals surface area contributed by atoms with E-state index in [1.165, 1.54) is 0 Å². The van der Waals surface area contributed by atoms with Crippen LogP contribution in [0.15, 0.2) is 72.9 Å². The lowest BCUT2D eigenvalue weighted by molar-refractivity contribution is -0.119. The van der Waals surface area contributed by atoms with Gasteiger partial charge >= 0.3 is 0 Å². The Morgan fingerprint density at radius 1 is 1.07 bits per heavy atom. The first-order chi connectivity index (χ1) is 20.5. The number of aliphatic hydroxyl groups excluding tert-OH is 1. The van der Waals surface area contributed by atoms with E-state index in [2.05, 4.69) is 22.5 Å². The zero-order valence-electron chi connectivity index (χ0n) is 24.4. The highest BCUT2D eigenvalue weighted by atomic mass is 16.5. The zero-order valence-corrected chi connectivity index (χ0v) is 24.4. The molecule has 0 spiro atoms. The number of amides is 2. The summed E-state index contributed by atoms with van der Waals surface area (Å²) in [6, 6.07) is 20.8. The number of anilines is 1. The van der Waals surface area contributed by atoms with Gasteiger partial charge in [0.1, 0.15) is 5.75 Å². The molecule has 4 aromatic rings. The third kappa shape index (κ3) is 6.83. The highest BCUT2D eigenvalue weighted by molar-refractivity contribution is 6.08. The number of fused-ring (bicyclic) bond motifs is 1. The van der Waals surface area contributed by atoms with Crippen molar-refractivity contribution in [2.75, 3.05) is 25.1 Å². The van der Waals surface area contributed by atoms with Crippen molar-refractivity contribution in [3.63, 3.8) is 0 Å². The smallest absolute Gasteiger partial charge is 0.251 e. The molecule has 3 aromatic carbocycles. The number of benzene rings is 3. The lowest BCUT2D eigenvalue weighted by atomic mass is 9.99. The molecular formula is C34H40N4O4. The van der Waals surface area contributed by atoms with Gasteiger partial charge in [0.2, 0.25) is 5.91 Å². The molecule has 8 nitrogen and oxygen atoms in total. The third-order valence-corrected chi connectivity index (χ3v) is 8.01. The van der Waals surface area contributed by atoms with Gasteiger partial charge in [0, 0.05) is 43.2 Å². The molecule has 42 heavy (non-hydrogen) atoms. The summed E-state index contributed by atoms with van der Waals surface area (Å²) in [4.78, 5) is 31.8. The molecule has 0 bridgehead atoms. The molecule has 0 radical (unpaired) electrons. The molecule has 1 aliphatic heterocycles. The number of H-pyrrole nitrogens is 1. The molecule has 0 saturated carbocycles. The van der Waals surface area contributed by atoms with E-state index >= 15 is 0 Å². The summed E-state index contributed by atoms with van der Waals surface area (Å²) in [5.41, 5.74) is 5.23. The third-order valence-electron chi connectivity index (χ3n) is 8.01. The second-order valence-electron chi connectivity index (χ2n) is 10.9. The van der Waals surface area contributed by atoms with Crippen LogP contribution < -0.4 is 20.3 Å². The first kappa shape index (κ1) is 29.4. The number of aliphatic hydroxyl groups is 1. The summed E-state index contributed by atoms with van der Waals surface area (Å²) in [5.74, 6) is 0.575. The van der Waals surface area contributed by atoms with Crippen molar-refractivity contribution in [3.05, 3.63) is 95.2 Å². The number of rotatable bonds is 12. The number of piperidine rings is 1. The summed E-state index contributed by atoms with van der Waals surface area (Å²) in [7, 11) is 1.64. The Morgan fingerprint density at radius 2 is 1.88 bits per heavy atom. The van der Waals surface area contributed by atoms with Gasteiger partial charge in [-0.05, 0) is 66.6 Å². The van der Waals surface area contributed by atoms with Crippen molar-refractivity contribution in [1.82, 2.24) is 15.6 Å². The van der Waals surface area contributed by atoms with Crippen LogP contribution in [-0.2, 0) is 24.2 Å². The number of hydrogen-bond donors (Lipinski definition) is 4. The molecule has 8 heteroatoms. The Labute approximate surface area is 247 Å². The Bertz CT molecular complexity index is 1520. The first-order valence-electron chi connectivity index (χ1n) is 14.8. The standard InChI is InChI=1S/C34H40N4O4/c1-3-25-21-36-33-28(25)18-26(19-30(33)38-15-8-7-14-32(38)40)34(41)37-29(17-23-10-5-4-6-11-23)31(39)22-35-20-24-12-9-13-27(16-24)42-2/h4-6,9-13,16,18-19,21,29,31,35-36,39H,3,7-8,14-15,17,20,22H2,1-2H3,(H,37,41)/t29-,31-/m0/s1. The highest BCUT2D eigenvalue weighted by Crippen LogP contribution is 2.33. The maximum Gasteiger partial charge on any atom is 0.251 e. The van der Waals surface area contributed by atoms with Crippen LogP contribution in [0.4, 0.5) is 5.69 Å². The molecule has 1 fully saturated rings. The molecule has 0 unspecified atom stereocenters. The Hall–Kier alpha value is -4.14. The minimum atomic E-state index is -0.843. The molecule has 1 aliphatic rings. The highest BCUT2D eigenvalue weighted by Gasteiger charge is 2.26. The van der Waals surface area contributed by atoms with Gasteiger partial charge in [-0.2, -0.15) is 0 Å². The van der Waals surface area contributed by atoms with Crippen LogP contribution in [-0.4, -0.2) is 54.2 Å². The fourth-order valence-electron chi connectivity index (χ4n) is 5.66. The summed E-state index contributed by atoms with van der Waals surface area (Å²) in [6.45, 7) is 3.55. The normalized spacial score (nSPS) is 15.0. The zero-order chi connectivity index (χ0) is 29.5. The average Bonchev–Trinajstić information content (AvgIpc) is 3.44. The van der Waals surface area contributed by atoms with Gasteiger partial charge in [-0.1, -0.05) is 49.4 Å². The molecule has 0 aliphatic carbocycles. The minimum absolute atomic E-state index is 0.0762. The van der Waals surface area contributed by atoms with E-state index in [4.69, 9.17) is 4.74 Å². The summed E-state index contributed by atoms with van der Waals surface area (Å²) in [6.07, 6.45) is 4.71. The van der Waals surface area contributed by atoms with E-state index in [0.717, 1.165) is 58.3 Å². The van der Waals surface area contributed by atoms with Crippen LogP contribution in [0.2, 0.25) is 0 Å². The summed E-state index contributed by atoms with van der Waals surface area (Å²) in [5, 5.41) is 18.7. The van der Waals surface area contributed by atoms with Gasteiger partial charge in [-0.15, -0.1) is 0 Å². The molecule has 4 N–H and O–H groups in total. The number of carbonyl (C=O) groups is 2. The van der Waals surface area contributed by atoms with E-state index in [1.807, 2.05) is 72.9 Å². The van der Waals surface area contributed by atoms with Crippen LogP contribution in [0.3, 0.4) is 0 Å². The van der Waals surface area contributed by atoms with Gasteiger partial charge in [0.05, 0.1) is 30.5 Å². The van der Waals surface area contributed by atoms with Crippen molar-refractivity contribution in [1.29, 1.82) is 0 Å². The molecule has 5 rings (SSSR count). The van der Waals surface area contributed by atoms with Crippen molar-refractivity contribution >= 4 is 28.4 Å². The van der Waals surface area contributed by atoms with E-state index in [0.29, 0.717) is 38.0 Å². The number of hydrogen-bond acceptors (Lipinski definition) is 5. The topological polar surface area (TPSA) is 107 Å². The largest absolute Gasteiger partial charge is 0.497 e. The fraction of sp³-hybridized carbons (Fsp3) is 0.353. The number of nitrogens with zero attached hydrogens (tertiary/aromatic N) is 1. The van der Waals surface area contributed by atoms with E-state index < -0.39 is 12.1 Å². The number of methoxy groups -OCH3 is 1. The lowest BCUT2D eigenvalue weighted by Crippen LogP contribution is -2.48. The van der Waals surface area contributed by atoms with Gasteiger partial charge < -0.3 is 30.4 Å². The van der Waals surface area contributed by atoms with Gasteiger partial charge in [0.25, 0.3) is 5.91 Å². The summed E-state index contributed by atoms with van der Waals surface area (Å²) < 4.78 is 5.31. The SMILES string of the molecule is CCc1c[nH]c2c(N3CCCCC3=O)cc(C(=O)N[C@@H](Cc3ccccc3)[C@@H](O)CNCc3cccc(OC)c3)cc12. The van der Waals surface area contributed by atoms with Crippen molar-refractivity contribution in [3.8, 4) is 5.75 Å².